The smallest absolute Gasteiger partial charge is 0.0715 e. The van der Waals surface area contributed by atoms with Crippen LogP contribution >= 0.6 is 0 Å². The lowest BCUT2D eigenvalue weighted by Crippen LogP contribution is -2.29. The molecule has 0 aliphatic heterocycles. The minimum absolute atomic E-state index is 0.0267. The minimum Gasteiger partial charge on any atom is -0.310 e. The van der Waals surface area contributed by atoms with Crippen LogP contribution in [0.2, 0.25) is 0 Å². The highest BCUT2D eigenvalue weighted by molar-refractivity contribution is 5.94. The molecule has 4 heteroatoms. The second-order valence-corrected chi connectivity index (χ2v) is 42.6. The normalized spacial score (nSPS) is 12.8. The van der Waals surface area contributed by atoms with Crippen LogP contribution in [0.25, 0.3) is 22.3 Å². The van der Waals surface area contributed by atoms with Crippen LogP contribution in [0.4, 0.5) is 68.2 Å². The molecule has 0 fully saturated rings. The maximum atomic E-state index is 2.60. The molecule has 16 rings (SSSR count). The van der Waals surface area contributed by atoms with Crippen LogP contribution < -0.4 is 19.6 Å². The first-order valence-corrected chi connectivity index (χ1v) is 52.3. The molecule has 0 bridgehead atoms. The van der Waals surface area contributed by atoms with Gasteiger partial charge in [-0.3, -0.25) is 0 Å². The summed E-state index contributed by atoms with van der Waals surface area (Å²) in [5, 5.41) is 0. The summed E-state index contributed by atoms with van der Waals surface area (Å²) < 4.78 is 0. The Bertz CT molecular complexity index is 5780. The zero-order valence-electron chi connectivity index (χ0n) is 86.5. The van der Waals surface area contributed by atoms with E-state index in [0.29, 0.717) is 0 Å². The Hall–Kier alpha value is -11.7. The zero-order chi connectivity index (χ0) is 96.0. The Morgan fingerprint density at radius 2 is 0.434 bits per heavy atom. The molecule has 2 aliphatic rings. The summed E-state index contributed by atoms with van der Waals surface area (Å²) in [4.78, 5) is 10.0. The second-order valence-electron chi connectivity index (χ2n) is 42.6. The summed E-state index contributed by atoms with van der Waals surface area (Å²) in [5.74, 6) is 0. The van der Waals surface area contributed by atoms with Gasteiger partial charge in [0.2, 0.25) is 0 Å². The quantitative estimate of drug-likeness (QED) is 0.0358. The highest BCUT2D eigenvalue weighted by atomic mass is 15.2. The van der Waals surface area contributed by atoms with Gasteiger partial charge in [0.15, 0.2) is 0 Å². The summed E-state index contributed by atoms with van der Waals surface area (Å²) in [6, 6.07) is 114. The number of unbranched alkanes of at least 4 members (excludes halogenated alkanes) is 16. The van der Waals surface area contributed by atoms with Crippen molar-refractivity contribution in [3.05, 3.63) is 402 Å². The molecule has 136 heavy (non-hydrogen) atoms. The fourth-order valence-electron chi connectivity index (χ4n) is 21.9. The molecular weight excluding hydrogens is 1640 g/mol. The Morgan fingerprint density at radius 1 is 0.213 bits per heavy atom. The summed E-state index contributed by atoms with van der Waals surface area (Å²) in [7, 11) is 0. The first-order chi connectivity index (χ1) is 65.6. The van der Waals surface area contributed by atoms with Crippen LogP contribution in [0.1, 0.15) is 322 Å². The van der Waals surface area contributed by atoms with Gasteiger partial charge in [0, 0.05) is 62.3 Å². The summed E-state index contributed by atoms with van der Waals surface area (Å²) in [6.07, 6.45) is 30.2. The molecule has 0 unspecified atom stereocenters. The first-order valence-electron chi connectivity index (χ1n) is 52.3. The van der Waals surface area contributed by atoms with Gasteiger partial charge >= 0.3 is 0 Å². The van der Waals surface area contributed by atoms with Crippen molar-refractivity contribution in [3.63, 3.8) is 0 Å². The van der Waals surface area contributed by atoms with Crippen LogP contribution in [0.5, 0.6) is 0 Å². The van der Waals surface area contributed by atoms with E-state index in [2.05, 4.69) is 449 Å². The monoisotopic (exact) mass is 1800 g/mol. The number of nitrogens with zero attached hydrogens (tertiary/aromatic N) is 4. The minimum atomic E-state index is -0.656. The fourth-order valence-corrected chi connectivity index (χ4v) is 21.9. The van der Waals surface area contributed by atoms with Gasteiger partial charge in [0.25, 0.3) is 0 Å². The SMILES string of the molecule is CCCCCCCCC1(CCCCCCCC)c2cc(N(c3ccc(C)cc3)c3ccc(C)cc3)ccc2-c2ccc(N(c3ccc(C)cc3)c3ccc(C)cc3)cc21.CCCCCCc1ccc(C2(c3ccc(CCCCCC)cc3)c3cc(N(c4ccc(C)cc4)c4c(C)cc(C(C)(C)C)cc4C)ccc3-c3ccc(N(c4ccc(C)cc4)c4c(C)cc(C(C)(C)C)cc4C)cc32)cc1. The van der Waals surface area contributed by atoms with Crippen molar-refractivity contribution in [2.75, 3.05) is 19.6 Å². The Morgan fingerprint density at radius 3 is 0.699 bits per heavy atom. The van der Waals surface area contributed by atoms with Crippen molar-refractivity contribution in [1.82, 2.24) is 0 Å². The van der Waals surface area contributed by atoms with Gasteiger partial charge in [-0.2, -0.15) is 0 Å². The van der Waals surface area contributed by atoms with E-state index in [4.69, 9.17) is 0 Å². The van der Waals surface area contributed by atoms with Crippen molar-refractivity contribution < 1.29 is 0 Å². The van der Waals surface area contributed by atoms with E-state index in [0.717, 1.165) is 35.6 Å². The van der Waals surface area contributed by atoms with Crippen molar-refractivity contribution in [3.8, 4) is 22.3 Å². The number of hydrogen-bond donors (Lipinski definition) is 0. The van der Waals surface area contributed by atoms with Crippen LogP contribution in [0.3, 0.4) is 0 Å². The summed E-state index contributed by atoms with van der Waals surface area (Å²) >= 11 is 0. The van der Waals surface area contributed by atoms with Crippen LogP contribution in [0, 0.1) is 69.2 Å². The molecule has 0 saturated heterocycles. The fraction of sp³-hybridized carbons (Fsp3) is 0.364. The number of aryl methyl sites for hydroxylation is 12. The second kappa shape index (κ2) is 44.2. The van der Waals surface area contributed by atoms with E-state index in [1.807, 2.05) is 0 Å². The summed E-state index contributed by atoms with van der Waals surface area (Å²) in [5.41, 5.74) is 45.6. The Labute approximate surface area is 821 Å². The third-order valence-electron chi connectivity index (χ3n) is 29.7. The van der Waals surface area contributed by atoms with E-state index in [-0.39, 0.29) is 16.2 Å². The average molecular weight is 1800 g/mol. The number of fused-ring (bicyclic) bond motifs is 6. The highest BCUT2D eigenvalue weighted by Crippen LogP contribution is 2.61. The largest absolute Gasteiger partial charge is 0.310 e. The Balaban J connectivity index is 0.000000214. The number of rotatable bonds is 38. The molecule has 2 aliphatic carbocycles. The molecule has 14 aromatic rings. The van der Waals surface area contributed by atoms with E-state index in [1.165, 1.54) is 320 Å². The molecular formula is C132H156N4. The molecule has 0 saturated carbocycles. The summed E-state index contributed by atoms with van der Waals surface area (Å²) in [6.45, 7) is 45.5. The highest BCUT2D eigenvalue weighted by Gasteiger charge is 2.48. The molecule has 0 amide bonds. The molecule has 14 aromatic carbocycles. The van der Waals surface area contributed by atoms with Gasteiger partial charge in [-0.05, 0) is 340 Å². The topological polar surface area (TPSA) is 13.0 Å². The number of anilines is 12. The zero-order valence-corrected chi connectivity index (χ0v) is 86.5. The lowest BCUT2D eigenvalue weighted by molar-refractivity contribution is 0.398. The maximum absolute atomic E-state index is 2.60. The van der Waals surface area contributed by atoms with Gasteiger partial charge in [-0.1, -0.05) is 388 Å². The van der Waals surface area contributed by atoms with Gasteiger partial charge in [0.05, 0.1) is 16.8 Å². The van der Waals surface area contributed by atoms with E-state index >= 15 is 0 Å². The van der Waals surface area contributed by atoms with Gasteiger partial charge < -0.3 is 19.6 Å². The molecule has 704 valence electrons. The third kappa shape index (κ3) is 21.9. The molecule has 0 aromatic heterocycles. The van der Waals surface area contributed by atoms with Crippen molar-refractivity contribution in [2.24, 2.45) is 0 Å². The Kier molecular flexibility index (Phi) is 32.1. The van der Waals surface area contributed by atoms with Crippen molar-refractivity contribution in [2.45, 2.75) is 314 Å². The molecule has 0 N–H and O–H groups in total. The van der Waals surface area contributed by atoms with Crippen molar-refractivity contribution in [1.29, 1.82) is 0 Å². The molecule has 0 heterocycles. The molecule has 0 atom stereocenters. The van der Waals surface area contributed by atoms with Gasteiger partial charge in [-0.25, -0.2) is 0 Å². The third-order valence-corrected chi connectivity index (χ3v) is 29.7. The number of benzene rings is 14. The van der Waals surface area contributed by atoms with Gasteiger partial charge in [-0.15, -0.1) is 0 Å². The predicted octanol–water partition coefficient (Wildman–Crippen LogP) is 39.3. The lowest BCUT2D eigenvalue weighted by Gasteiger charge is -2.36. The number of hydrogen-bond acceptors (Lipinski definition) is 4. The lowest BCUT2D eigenvalue weighted by atomic mass is 9.67. The first kappa shape index (κ1) is 98.8. The standard InChI is InChI=1S/C75H88N2.C57H68N2/c1-15-17-19-21-23-57-29-33-59(34-30-57)75(60-35-31-58(32-36-60)24-22-20-18-16-2)69-49-65(76(63-37-25-51(3)26-38-63)71-53(5)45-61(46-54(71)6)73(9,10)11)41-43-67(69)68-44-42-66(50-70(68)75)77(64-39-27-52(4)28-40-64)72-55(7)47-62(48-56(72)8)74(12,13)14;1-7-9-11-13-15-17-39-57(40-18-16-14-12-10-8-2)55-41-51(58(47-27-19-43(3)20-28-47)48-29-21-44(4)22-30-48)35-37-53(55)54-38-36-52(42-56(54)57)59(49-31-23-45(5)24-32-49)50-33-25-46(6)26-34-50/h25-50H,15-24H2,1-14H3;19-38,41-42H,7-18,39-40H2,1-6H3. The molecule has 0 spiro atoms. The van der Waals surface area contributed by atoms with Crippen molar-refractivity contribution >= 4 is 68.2 Å². The molecule has 0 radical (unpaired) electrons. The van der Waals surface area contributed by atoms with E-state index in [9.17, 15) is 0 Å². The van der Waals surface area contributed by atoms with Gasteiger partial charge in [0.1, 0.15) is 0 Å². The predicted molar refractivity (Wildman–Crippen MR) is 592 cm³/mol. The van der Waals surface area contributed by atoms with Crippen LogP contribution in [-0.4, -0.2) is 0 Å². The van der Waals surface area contributed by atoms with Crippen LogP contribution in [0.15, 0.2) is 291 Å². The maximum Gasteiger partial charge on any atom is 0.0715 e. The van der Waals surface area contributed by atoms with Crippen LogP contribution in [-0.2, 0) is 34.5 Å². The molecule has 4 nitrogen and oxygen atoms in total. The average Bonchev–Trinajstić information content (AvgIpc) is 1.53. The van der Waals surface area contributed by atoms with E-state index in [1.54, 1.807) is 0 Å². The van der Waals surface area contributed by atoms with E-state index < -0.39 is 5.41 Å².